The Morgan fingerprint density at radius 2 is 1.77 bits per heavy atom. The Kier molecular flexibility index (Phi) is 5.31. The molecule has 0 aliphatic carbocycles. The Morgan fingerprint density at radius 3 is 2.57 bits per heavy atom. The van der Waals surface area contributed by atoms with E-state index in [0.717, 1.165) is 5.56 Å². The van der Waals surface area contributed by atoms with Gasteiger partial charge in [-0.3, -0.25) is 25.8 Å². The molecule has 2 amide bonds. The lowest BCUT2D eigenvalue weighted by atomic mass is 10.1. The highest BCUT2D eigenvalue weighted by atomic mass is 32.1. The van der Waals surface area contributed by atoms with Crippen LogP contribution in [0.3, 0.4) is 0 Å². The minimum Gasteiger partial charge on any atom is -0.454 e. The normalized spacial score (nSPS) is 11.6. The third kappa shape index (κ3) is 3.94. The molecule has 0 saturated carbocycles. The SMILES string of the molecule is Cc1onc(-c2ccccc2)c1C(=O)NC(=S)NNC(=O)c1ccc2c(c1)OCO2. The van der Waals surface area contributed by atoms with Crippen molar-refractivity contribution in [1.82, 2.24) is 21.3 Å². The predicted octanol–water partition coefficient (Wildman–Crippen LogP) is 2.33. The summed E-state index contributed by atoms with van der Waals surface area (Å²) in [6, 6.07) is 13.9. The van der Waals surface area contributed by atoms with Crippen molar-refractivity contribution < 1.29 is 23.6 Å². The van der Waals surface area contributed by atoms with E-state index >= 15 is 0 Å². The number of aromatic nitrogens is 1. The van der Waals surface area contributed by atoms with Gasteiger partial charge in [0.1, 0.15) is 17.0 Å². The lowest BCUT2D eigenvalue weighted by Gasteiger charge is -2.11. The Hall–Kier alpha value is -3.92. The molecule has 1 aliphatic rings. The monoisotopic (exact) mass is 424 g/mol. The first kappa shape index (κ1) is 19.4. The van der Waals surface area contributed by atoms with Crippen molar-refractivity contribution in [2.75, 3.05) is 6.79 Å². The second-order valence-electron chi connectivity index (χ2n) is 6.26. The highest BCUT2D eigenvalue weighted by Crippen LogP contribution is 2.32. The Labute approximate surface area is 176 Å². The van der Waals surface area contributed by atoms with Crippen LogP contribution in [0.2, 0.25) is 0 Å². The molecular weight excluding hydrogens is 408 g/mol. The van der Waals surface area contributed by atoms with E-state index in [1.807, 2.05) is 30.3 Å². The fourth-order valence-electron chi connectivity index (χ4n) is 2.85. The van der Waals surface area contributed by atoms with Gasteiger partial charge in [0.15, 0.2) is 16.6 Å². The van der Waals surface area contributed by atoms with E-state index in [4.69, 9.17) is 26.2 Å². The summed E-state index contributed by atoms with van der Waals surface area (Å²) in [5.41, 5.74) is 6.64. The molecule has 2 aromatic carbocycles. The number of carbonyl (C=O) groups excluding carboxylic acids is 2. The van der Waals surface area contributed by atoms with Gasteiger partial charge in [0.05, 0.1) is 0 Å². The molecule has 0 unspecified atom stereocenters. The van der Waals surface area contributed by atoms with E-state index in [0.29, 0.717) is 28.5 Å². The predicted molar refractivity (Wildman–Crippen MR) is 110 cm³/mol. The summed E-state index contributed by atoms with van der Waals surface area (Å²) in [7, 11) is 0. The minimum atomic E-state index is -0.512. The second kappa shape index (κ2) is 8.21. The van der Waals surface area contributed by atoms with Gasteiger partial charge < -0.3 is 14.0 Å². The smallest absolute Gasteiger partial charge is 0.269 e. The molecule has 0 saturated heterocycles. The molecule has 10 heteroatoms. The number of nitrogens with zero attached hydrogens (tertiary/aromatic N) is 1. The second-order valence-corrected chi connectivity index (χ2v) is 6.67. The molecule has 0 radical (unpaired) electrons. The third-order valence-electron chi connectivity index (χ3n) is 4.29. The van der Waals surface area contributed by atoms with Crippen LogP contribution in [0.25, 0.3) is 11.3 Å². The van der Waals surface area contributed by atoms with Crippen molar-refractivity contribution in [3.05, 3.63) is 65.4 Å². The van der Waals surface area contributed by atoms with Crippen LogP contribution >= 0.6 is 12.2 Å². The maximum atomic E-state index is 12.7. The number of thiocarbonyl (C=S) groups is 1. The lowest BCUT2D eigenvalue weighted by molar-refractivity contribution is 0.0934. The number of hydrogen-bond donors (Lipinski definition) is 3. The Balaban J connectivity index is 1.38. The summed E-state index contributed by atoms with van der Waals surface area (Å²) in [5, 5.41) is 6.38. The van der Waals surface area contributed by atoms with Crippen molar-refractivity contribution in [1.29, 1.82) is 0 Å². The fraction of sp³-hybridized carbons (Fsp3) is 0.100. The first-order chi connectivity index (χ1) is 14.5. The number of hydrogen-bond acceptors (Lipinski definition) is 7. The number of fused-ring (bicyclic) bond motifs is 1. The molecule has 30 heavy (non-hydrogen) atoms. The van der Waals surface area contributed by atoms with Gasteiger partial charge in [0, 0.05) is 11.1 Å². The molecule has 3 N–H and O–H groups in total. The van der Waals surface area contributed by atoms with Gasteiger partial charge in [-0.15, -0.1) is 0 Å². The average molecular weight is 424 g/mol. The van der Waals surface area contributed by atoms with E-state index in [9.17, 15) is 9.59 Å². The largest absolute Gasteiger partial charge is 0.454 e. The summed E-state index contributed by atoms with van der Waals surface area (Å²) < 4.78 is 15.6. The van der Waals surface area contributed by atoms with Gasteiger partial charge >= 0.3 is 0 Å². The highest BCUT2D eigenvalue weighted by molar-refractivity contribution is 7.80. The van der Waals surface area contributed by atoms with Gasteiger partial charge in [-0.05, 0) is 37.3 Å². The third-order valence-corrected chi connectivity index (χ3v) is 4.49. The summed E-state index contributed by atoms with van der Waals surface area (Å²) in [6.07, 6.45) is 0. The fourth-order valence-corrected chi connectivity index (χ4v) is 3.00. The number of hydrazine groups is 1. The summed E-state index contributed by atoms with van der Waals surface area (Å²) in [6.45, 7) is 1.74. The molecule has 0 atom stereocenters. The van der Waals surface area contributed by atoms with Gasteiger partial charge in [-0.1, -0.05) is 35.5 Å². The molecule has 152 valence electrons. The summed E-state index contributed by atoms with van der Waals surface area (Å²) in [5.74, 6) is 0.424. The van der Waals surface area contributed by atoms with Crippen LogP contribution in [0.1, 0.15) is 26.5 Å². The number of nitrogens with one attached hydrogen (secondary N) is 3. The van der Waals surface area contributed by atoms with Crippen molar-refractivity contribution in [3.63, 3.8) is 0 Å². The van der Waals surface area contributed by atoms with Gasteiger partial charge in [-0.25, -0.2) is 0 Å². The minimum absolute atomic E-state index is 0.0892. The molecule has 2 heterocycles. The molecule has 1 aliphatic heterocycles. The van der Waals surface area contributed by atoms with Crippen molar-refractivity contribution in [3.8, 4) is 22.8 Å². The van der Waals surface area contributed by atoms with E-state index in [2.05, 4.69) is 21.3 Å². The maximum absolute atomic E-state index is 12.7. The summed E-state index contributed by atoms with van der Waals surface area (Å²) in [4.78, 5) is 25.0. The zero-order valence-electron chi connectivity index (χ0n) is 15.7. The Bertz CT molecular complexity index is 1130. The number of rotatable bonds is 3. The molecule has 9 nitrogen and oxygen atoms in total. The molecule has 0 fully saturated rings. The van der Waals surface area contributed by atoms with E-state index < -0.39 is 11.8 Å². The number of carbonyl (C=O) groups is 2. The Morgan fingerprint density at radius 1 is 1.00 bits per heavy atom. The first-order valence-electron chi connectivity index (χ1n) is 8.86. The zero-order valence-corrected chi connectivity index (χ0v) is 16.5. The van der Waals surface area contributed by atoms with Crippen LogP contribution in [0.4, 0.5) is 0 Å². The maximum Gasteiger partial charge on any atom is 0.269 e. The first-order valence-corrected chi connectivity index (χ1v) is 9.27. The van der Waals surface area contributed by atoms with E-state index in [1.54, 1.807) is 25.1 Å². The van der Waals surface area contributed by atoms with E-state index in [1.165, 1.54) is 0 Å². The number of aryl methyl sites for hydroxylation is 1. The molecule has 3 aromatic rings. The van der Waals surface area contributed by atoms with E-state index in [-0.39, 0.29) is 17.5 Å². The standard InChI is InChI=1S/C20H16N4O5S/c1-11-16(17(24-29-11)12-5-3-2-4-6-12)19(26)21-20(30)23-22-18(25)13-7-8-14-15(9-13)28-10-27-14/h2-9H,10H2,1H3,(H,22,25)(H2,21,23,26,30). The van der Waals surface area contributed by atoms with Gasteiger partial charge in [0.2, 0.25) is 6.79 Å². The molecular formula is C20H16N4O5S. The molecule has 0 bridgehead atoms. The number of amides is 2. The molecule has 4 rings (SSSR count). The quantitative estimate of drug-likeness (QED) is 0.434. The van der Waals surface area contributed by atoms with Crippen molar-refractivity contribution in [2.45, 2.75) is 6.92 Å². The number of benzene rings is 2. The van der Waals surface area contributed by atoms with Crippen molar-refractivity contribution in [2.24, 2.45) is 0 Å². The van der Waals surface area contributed by atoms with Gasteiger partial charge in [0.25, 0.3) is 11.8 Å². The number of ether oxygens (including phenoxy) is 2. The van der Waals surface area contributed by atoms with Crippen LogP contribution in [-0.4, -0.2) is 28.9 Å². The highest BCUT2D eigenvalue weighted by Gasteiger charge is 2.22. The summed E-state index contributed by atoms with van der Waals surface area (Å²) >= 11 is 5.10. The van der Waals surface area contributed by atoms with Crippen LogP contribution in [-0.2, 0) is 0 Å². The zero-order chi connectivity index (χ0) is 21.1. The van der Waals surface area contributed by atoms with Crippen LogP contribution in [0.5, 0.6) is 11.5 Å². The van der Waals surface area contributed by atoms with Gasteiger partial charge in [-0.2, -0.15) is 0 Å². The topological polar surface area (TPSA) is 115 Å². The lowest BCUT2D eigenvalue weighted by Crippen LogP contribution is -2.48. The van der Waals surface area contributed by atoms with Crippen molar-refractivity contribution >= 4 is 29.1 Å². The van der Waals surface area contributed by atoms with Crippen LogP contribution in [0.15, 0.2) is 53.1 Å². The van der Waals surface area contributed by atoms with Crippen LogP contribution < -0.4 is 25.6 Å². The molecule has 0 spiro atoms. The average Bonchev–Trinajstić information content (AvgIpc) is 3.38. The van der Waals surface area contributed by atoms with Crippen LogP contribution in [0, 0.1) is 6.92 Å². The molecule has 1 aromatic heterocycles.